The summed E-state index contributed by atoms with van der Waals surface area (Å²) in [6.07, 6.45) is -7.85. The molecule has 0 aromatic rings. The number of carbonyl (C=O) groups is 2. The van der Waals surface area contributed by atoms with E-state index in [2.05, 4.69) is 0 Å². The van der Waals surface area contributed by atoms with Gasteiger partial charge in [-0.2, -0.15) is 26.3 Å². The Hall–Kier alpha value is -1.68. The van der Waals surface area contributed by atoms with Crippen LogP contribution in [0.4, 0.5) is 31.1 Å². The van der Waals surface area contributed by atoms with Crippen LogP contribution < -0.4 is 5.32 Å². The molecule has 1 heterocycles. The summed E-state index contributed by atoms with van der Waals surface area (Å²) in [5.74, 6) is -6.74. The number of carboxylic acids is 1. The molecule has 1 aliphatic heterocycles. The molecule has 0 aromatic heterocycles. The lowest BCUT2D eigenvalue weighted by atomic mass is 9.96. The van der Waals surface area contributed by atoms with Gasteiger partial charge in [0, 0.05) is 13.1 Å². The summed E-state index contributed by atoms with van der Waals surface area (Å²) in [5.41, 5.74) is 0. The number of halogens is 6. The average molecular weight is 376 g/mol. The summed E-state index contributed by atoms with van der Waals surface area (Å²) in [7, 11) is 0. The fourth-order valence-electron chi connectivity index (χ4n) is 3.53. The lowest BCUT2D eigenvalue weighted by Gasteiger charge is -2.29. The number of aliphatic carboxylic acids is 1. The monoisotopic (exact) mass is 376 g/mol. The van der Waals surface area contributed by atoms with Crippen LogP contribution >= 0.6 is 0 Å². The number of likely N-dealkylation sites (tertiary alicyclic amines) is 1. The van der Waals surface area contributed by atoms with E-state index in [-0.39, 0.29) is 12.8 Å². The Morgan fingerprint density at radius 1 is 1.04 bits per heavy atom. The quantitative estimate of drug-likeness (QED) is 0.744. The van der Waals surface area contributed by atoms with E-state index in [1.165, 1.54) is 0 Å². The molecule has 2 aliphatic rings. The molecule has 1 saturated carbocycles. The van der Waals surface area contributed by atoms with Crippen molar-refractivity contribution in [3.8, 4) is 0 Å². The number of carboxylic acid groups (broad SMARTS) is 1. The highest BCUT2D eigenvalue weighted by Crippen LogP contribution is 2.39. The molecule has 3 atom stereocenters. The topological polar surface area (TPSA) is 69.6 Å². The zero-order valence-corrected chi connectivity index (χ0v) is 13.0. The van der Waals surface area contributed by atoms with E-state index in [9.17, 15) is 35.9 Å². The van der Waals surface area contributed by atoms with Gasteiger partial charge in [0.1, 0.15) is 6.04 Å². The SMILES string of the molecule is O=C(O)[C@@H]1CN(C(=O)NC(C2CCCC2)C(F)(F)F)C[C@H]1C(F)(F)F. The van der Waals surface area contributed by atoms with Crippen LogP contribution in [-0.4, -0.2) is 53.5 Å². The zero-order chi connectivity index (χ0) is 19.0. The molecule has 11 heteroatoms. The molecule has 25 heavy (non-hydrogen) atoms. The van der Waals surface area contributed by atoms with E-state index in [0.717, 1.165) is 0 Å². The predicted molar refractivity (Wildman–Crippen MR) is 72.6 cm³/mol. The minimum atomic E-state index is -4.85. The van der Waals surface area contributed by atoms with Gasteiger partial charge in [0.15, 0.2) is 0 Å². The van der Waals surface area contributed by atoms with Crippen molar-refractivity contribution in [2.45, 2.75) is 44.1 Å². The van der Waals surface area contributed by atoms with E-state index in [4.69, 9.17) is 5.11 Å². The second-order valence-corrected chi connectivity index (χ2v) is 6.51. The van der Waals surface area contributed by atoms with Gasteiger partial charge in [-0.1, -0.05) is 12.8 Å². The first-order valence-corrected chi connectivity index (χ1v) is 7.83. The van der Waals surface area contributed by atoms with Gasteiger partial charge < -0.3 is 15.3 Å². The number of urea groups is 1. The first-order chi connectivity index (χ1) is 11.4. The number of nitrogens with one attached hydrogen (secondary N) is 1. The van der Waals surface area contributed by atoms with Crippen molar-refractivity contribution in [2.75, 3.05) is 13.1 Å². The Morgan fingerprint density at radius 2 is 1.60 bits per heavy atom. The van der Waals surface area contributed by atoms with Crippen LogP contribution in [0.1, 0.15) is 25.7 Å². The van der Waals surface area contributed by atoms with Crippen LogP contribution in [0.2, 0.25) is 0 Å². The van der Waals surface area contributed by atoms with Crippen molar-refractivity contribution in [2.24, 2.45) is 17.8 Å². The van der Waals surface area contributed by atoms with E-state index >= 15 is 0 Å². The van der Waals surface area contributed by atoms with E-state index < -0.39 is 61.2 Å². The van der Waals surface area contributed by atoms with Gasteiger partial charge in [0.05, 0.1) is 11.8 Å². The maximum absolute atomic E-state index is 13.2. The maximum atomic E-state index is 13.2. The summed E-state index contributed by atoms with van der Waals surface area (Å²) in [6, 6.07) is -3.46. The van der Waals surface area contributed by atoms with E-state index in [1.54, 1.807) is 5.32 Å². The minimum absolute atomic E-state index is 0.271. The number of rotatable bonds is 3. The number of carbonyl (C=O) groups excluding carboxylic acids is 1. The second kappa shape index (κ2) is 6.91. The number of hydrogen-bond donors (Lipinski definition) is 2. The molecule has 1 aliphatic carbocycles. The molecule has 144 valence electrons. The maximum Gasteiger partial charge on any atom is 0.408 e. The van der Waals surface area contributed by atoms with Crippen LogP contribution in [0.25, 0.3) is 0 Å². The van der Waals surface area contributed by atoms with Gasteiger partial charge in [0.25, 0.3) is 0 Å². The Bertz CT molecular complexity index is 516. The minimum Gasteiger partial charge on any atom is -0.481 e. The lowest BCUT2D eigenvalue weighted by Crippen LogP contribution is -2.53. The number of alkyl halides is 6. The lowest BCUT2D eigenvalue weighted by molar-refractivity contribution is -0.188. The summed E-state index contributed by atoms with van der Waals surface area (Å²) in [6.45, 7) is -1.75. The largest absolute Gasteiger partial charge is 0.481 e. The van der Waals surface area contributed by atoms with Crippen LogP contribution in [0.5, 0.6) is 0 Å². The normalized spacial score (nSPS) is 26.7. The Kier molecular flexibility index (Phi) is 5.43. The molecule has 1 saturated heterocycles. The van der Waals surface area contributed by atoms with Gasteiger partial charge in [-0.3, -0.25) is 4.79 Å². The average Bonchev–Trinajstić information content (AvgIpc) is 3.11. The summed E-state index contributed by atoms with van der Waals surface area (Å²) >= 11 is 0. The molecule has 2 fully saturated rings. The van der Waals surface area contributed by atoms with Crippen molar-refractivity contribution in [3.63, 3.8) is 0 Å². The molecular formula is C14H18F6N2O3. The smallest absolute Gasteiger partial charge is 0.408 e. The molecule has 0 spiro atoms. The summed E-state index contributed by atoms with van der Waals surface area (Å²) in [4.78, 5) is 23.5. The number of amides is 2. The van der Waals surface area contributed by atoms with Crippen molar-refractivity contribution in [1.29, 1.82) is 0 Å². The number of nitrogens with zero attached hydrogens (tertiary/aromatic N) is 1. The Labute approximate surface area is 139 Å². The van der Waals surface area contributed by atoms with Crippen LogP contribution in [0.3, 0.4) is 0 Å². The predicted octanol–water partition coefficient (Wildman–Crippen LogP) is 3.01. The zero-order valence-electron chi connectivity index (χ0n) is 13.0. The van der Waals surface area contributed by atoms with Crippen LogP contribution in [0.15, 0.2) is 0 Å². The first-order valence-electron chi connectivity index (χ1n) is 7.83. The molecule has 2 amide bonds. The fraction of sp³-hybridized carbons (Fsp3) is 0.857. The molecule has 2 N–H and O–H groups in total. The third-order valence-electron chi connectivity index (χ3n) is 4.85. The van der Waals surface area contributed by atoms with Gasteiger partial charge >= 0.3 is 24.4 Å². The van der Waals surface area contributed by atoms with Gasteiger partial charge in [0.2, 0.25) is 0 Å². The molecule has 0 bridgehead atoms. The van der Waals surface area contributed by atoms with Crippen molar-refractivity contribution < 1.29 is 41.0 Å². The summed E-state index contributed by atoms with van der Waals surface area (Å²) in [5, 5.41) is 10.7. The van der Waals surface area contributed by atoms with Crippen molar-refractivity contribution in [3.05, 3.63) is 0 Å². The highest BCUT2D eigenvalue weighted by molar-refractivity contribution is 5.78. The summed E-state index contributed by atoms with van der Waals surface area (Å²) < 4.78 is 78.3. The second-order valence-electron chi connectivity index (χ2n) is 6.51. The fourth-order valence-corrected chi connectivity index (χ4v) is 3.53. The number of hydrogen-bond acceptors (Lipinski definition) is 2. The molecule has 1 unspecified atom stereocenters. The van der Waals surface area contributed by atoms with E-state index in [0.29, 0.717) is 17.7 Å². The van der Waals surface area contributed by atoms with Crippen LogP contribution in [-0.2, 0) is 4.79 Å². The molecule has 5 nitrogen and oxygen atoms in total. The van der Waals surface area contributed by atoms with Crippen molar-refractivity contribution >= 4 is 12.0 Å². The third kappa shape index (κ3) is 4.49. The Balaban J connectivity index is 2.10. The van der Waals surface area contributed by atoms with Gasteiger partial charge in [-0.25, -0.2) is 4.79 Å². The first kappa shape index (κ1) is 19.6. The van der Waals surface area contributed by atoms with Gasteiger partial charge in [-0.15, -0.1) is 0 Å². The van der Waals surface area contributed by atoms with Crippen LogP contribution in [0, 0.1) is 17.8 Å². The molecule has 2 rings (SSSR count). The molecule has 0 radical (unpaired) electrons. The van der Waals surface area contributed by atoms with Crippen molar-refractivity contribution in [1.82, 2.24) is 10.2 Å². The van der Waals surface area contributed by atoms with E-state index in [1.807, 2.05) is 0 Å². The molecule has 0 aromatic carbocycles. The molecular weight excluding hydrogens is 358 g/mol. The van der Waals surface area contributed by atoms with Gasteiger partial charge in [-0.05, 0) is 18.8 Å². The Morgan fingerprint density at radius 3 is 2.00 bits per heavy atom. The third-order valence-corrected chi connectivity index (χ3v) is 4.85. The highest BCUT2D eigenvalue weighted by Gasteiger charge is 2.54. The highest BCUT2D eigenvalue weighted by atomic mass is 19.4. The standard InChI is InChI=1S/C14H18F6N2O3/c15-13(16,17)9-6-22(5-8(9)11(23)24)12(25)21-10(14(18,19)20)7-3-1-2-4-7/h7-10H,1-6H2,(H,21,25)(H,23,24)/t8-,9-,10?/m1/s1.